The first-order valence-corrected chi connectivity index (χ1v) is 12.0. The van der Waals surface area contributed by atoms with Crippen LogP contribution in [0.25, 0.3) is 0 Å². The molecule has 11 heteroatoms. The Labute approximate surface area is 192 Å². The van der Waals surface area contributed by atoms with Crippen molar-refractivity contribution in [1.29, 1.82) is 0 Å². The van der Waals surface area contributed by atoms with E-state index in [1.165, 1.54) is 6.07 Å². The van der Waals surface area contributed by atoms with Crippen molar-refractivity contribution in [2.24, 2.45) is 0 Å². The molecule has 1 heterocycles. The number of hydrogen-bond acceptors (Lipinski definition) is 4. The van der Waals surface area contributed by atoms with E-state index in [-0.39, 0.29) is 0 Å². The number of hydrogen-bond donors (Lipinski definition) is 1. The second kappa shape index (κ2) is 8.02. The molecular weight excluding hydrogens is 483 g/mol. The molecule has 1 aliphatic heterocycles. The monoisotopic (exact) mass is 501 g/mol. The van der Waals surface area contributed by atoms with Crippen LogP contribution in [0.4, 0.5) is 13.2 Å². The molecule has 1 N–H and O–H groups in total. The molecule has 0 radical (unpaired) electrons. The Kier molecular flexibility index (Phi) is 5.73. The number of benzene rings is 2. The van der Waals surface area contributed by atoms with Crippen LogP contribution in [0.2, 0.25) is 5.02 Å². The van der Waals surface area contributed by atoms with Gasteiger partial charge in [-0.1, -0.05) is 35.9 Å². The molecule has 2 aromatic carbocycles. The van der Waals surface area contributed by atoms with E-state index in [1.54, 1.807) is 24.3 Å². The summed E-state index contributed by atoms with van der Waals surface area (Å²) >= 11 is 5.91. The van der Waals surface area contributed by atoms with Gasteiger partial charge in [0.05, 0.1) is 21.1 Å². The molecule has 0 unspecified atom stereocenters. The highest BCUT2D eigenvalue weighted by Gasteiger charge is 2.57. The Morgan fingerprint density at radius 1 is 1.06 bits per heavy atom. The number of rotatable bonds is 5. The fraction of sp³-hybridized carbons (Fsp3) is 0.364. The Balaban J connectivity index is 1.68. The maximum Gasteiger partial charge on any atom is 0.417 e. The minimum atomic E-state index is -4.91. The highest BCUT2D eigenvalue weighted by molar-refractivity contribution is 7.92. The van der Waals surface area contributed by atoms with Gasteiger partial charge in [0.2, 0.25) is 5.91 Å². The zero-order chi connectivity index (χ0) is 24.2. The first-order valence-electron chi connectivity index (χ1n) is 10.1. The Hall–Kier alpha value is -2.59. The van der Waals surface area contributed by atoms with Crippen LogP contribution < -0.4 is 0 Å². The summed E-state index contributed by atoms with van der Waals surface area (Å²) in [6.07, 6.45) is -4.50. The maximum atomic E-state index is 13.4. The SMILES string of the molecule is O=C(O)[C@@H]1C[C@@H](S(=O)(=O)c2ccccc2C(F)(F)F)CN1C(=O)C1(c2ccc(Cl)cc2)CC1. The number of likely N-dealkylation sites (tertiary alicyclic amines) is 1. The molecule has 1 aliphatic carbocycles. The van der Waals surface area contributed by atoms with E-state index >= 15 is 0 Å². The Bertz CT molecular complexity index is 1210. The van der Waals surface area contributed by atoms with Gasteiger partial charge in [0.15, 0.2) is 9.84 Å². The summed E-state index contributed by atoms with van der Waals surface area (Å²) in [6.45, 7) is -0.500. The number of halogens is 4. The molecule has 6 nitrogen and oxygen atoms in total. The highest BCUT2D eigenvalue weighted by atomic mass is 35.5. The fourth-order valence-corrected chi connectivity index (χ4v) is 6.44. The molecule has 1 saturated heterocycles. The van der Waals surface area contributed by atoms with Crippen LogP contribution in [0.15, 0.2) is 53.4 Å². The topological polar surface area (TPSA) is 91.8 Å². The van der Waals surface area contributed by atoms with Crippen LogP contribution in [0.5, 0.6) is 0 Å². The number of carbonyl (C=O) groups excluding carboxylic acids is 1. The molecule has 176 valence electrons. The van der Waals surface area contributed by atoms with E-state index in [1.807, 2.05) is 0 Å². The quantitative estimate of drug-likeness (QED) is 0.670. The predicted octanol–water partition coefficient (Wildman–Crippen LogP) is 3.92. The zero-order valence-electron chi connectivity index (χ0n) is 17.0. The molecule has 0 bridgehead atoms. The molecule has 2 aromatic rings. The standard InChI is InChI=1S/C22H19ClF3NO5S/c23-14-7-5-13(6-8-14)21(9-10-21)20(30)27-12-15(11-17(27)19(28)29)33(31,32)18-4-2-1-3-16(18)22(24,25)26/h1-8,15,17H,9-12H2,(H,28,29)/t15-,17+/m1/s1. The van der Waals surface area contributed by atoms with Crippen LogP contribution in [0, 0.1) is 0 Å². The molecule has 2 aliphatic rings. The number of nitrogens with zero attached hydrogens (tertiary/aromatic N) is 1. The zero-order valence-corrected chi connectivity index (χ0v) is 18.6. The first-order chi connectivity index (χ1) is 15.4. The molecule has 2 atom stereocenters. The van der Waals surface area contributed by atoms with Gasteiger partial charge in [-0.15, -0.1) is 0 Å². The number of amides is 1. The number of carboxylic acid groups (broad SMARTS) is 1. The van der Waals surface area contributed by atoms with Crippen molar-refractivity contribution >= 4 is 33.3 Å². The lowest BCUT2D eigenvalue weighted by Crippen LogP contribution is -2.46. The van der Waals surface area contributed by atoms with Crippen LogP contribution in [-0.2, 0) is 31.0 Å². The molecular formula is C22H19ClF3NO5S. The van der Waals surface area contributed by atoms with E-state index in [4.69, 9.17) is 11.6 Å². The number of aliphatic carboxylic acids is 1. The van der Waals surface area contributed by atoms with E-state index < -0.39 is 68.0 Å². The lowest BCUT2D eigenvalue weighted by atomic mass is 9.94. The lowest BCUT2D eigenvalue weighted by Gasteiger charge is -2.27. The van der Waals surface area contributed by atoms with Crippen molar-refractivity contribution in [3.05, 3.63) is 64.7 Å². The van der Waals surface area contributed by atoms with Crippen molar-refractivity contribution in [1.82, 2.24) is 4.90 Å². The molecule has 0 spiro atoms. The summed E-state index contributed by atoms with van der Waals surface area (Å²) in [7, 11) is -4.58. The largest absolute Gasteiger partial charge is 0.480 e. The van der Waals surface area contributed by atoms with Gasteiger partial charge in [-0.05, 0) is 49.1 Å². The van der Waals surface area contributed by atoms with Crippen molar-refractivity contribution < 1.29 is 36.3 Å². The summed E-state index contributed by atoms with van der Waals surface area (Å²) in [5.74, 6) is -1.95. The van der Waals surface area contributed by atoms with Crippen LogP contribution in [0.3, 0.4) is 0 Å². The lowest BCUT2D eigenvalue weighted by molar-refractivity contribution is -0.149. The van der Waals surface area contributed by atoms with Gasteiger partial charge in [-0.25, -0.2) is 13.2 Å². The molecule has 1 saturated carbocycles. The van der Waals surface area contributed by atoms with Crippen LogP contribution >= 0.6 is 11.6 Å². The van der Waals surface area contributed by atoms with Gasteiger partial charge in [0.25, 0.3) is 0 Å². The van der Waals surface area contributed by atoms with Crippen molar-refractivity contribution in [2.45, 2.75) is 47.0 Å². The summed E-state index contributed by atoms with van der Waals surface area (Å²) in [5, 5.41) is 8.66. The normalized spacial score (nSPS) is 22.2. The van der Waals surface area contributed by atoms with Crippen molar-refractivity contribution in [2.75, 3.05) is 6.54 Å². The number of carbonyl (C=O) groups is 2. The summed E-state index contributed by atoms with van der Waals surface area (Å²) in [5.41, 5.74) is -1.67. The average Bonchev–Trinajstić information content (AvgIpc) is 3.43. The van der Waals surface area contributed by atoms with E-state index in [2.05, 4.69) is 0 Å². The van der Waals surface area contributed by atoms with Crippen molar-refractivity contribution in [3.8, 4) is 0 Å². The van der Waals surface area contributed by atoms with E-state index in [0.717, 1.165) is 17.0 Å². The number of sulfone groups is 1. The third-order valence-electron chi connectivity index (χ3n) is 6.30. The number of alkyl halides is 3. The van der Waals surface area contributed by atoms with E-state index in [0.29, 0.717) is 29.5 Å². The summed E-state index contributed by atoms with van der Waals surface area (Å²) in [6, 6.07) is 8.84. The molecule has 0 aromatic heterocycles. The fourth-order valence-electron chi connectivity index (χ4n) is 4.40. The van der Waals surface area contributed by atoms with Gasteiger partial charge in [0.1, 0.15) is 6.04 Å². The second-order valence-electron chi connectivity index (χ2n) is 8.30. The predicted molar refractivity (Wildman–Crippen MR) is 113 cm³/mol. The van der Waals surface area contributed by atoms with Crippen molar-refractivity contribution in [3.63, 3.8) is 0 Å². The Morgan fingerprint density at radius 3 is 2.21 bits per heavy atom. The maximum absolute atomic E-state index is 13.4. The van der Waals surface area contributed by atoms with Crippen LogP contribution in [-0.4, -0.2) is 48.1 Å². The minimum Gasteiger partial charge on any atom is -0.480 e. The molecule has 33 heavy (non-hydrogen) atoms. The van der Waals surface area contributed by atoms with E-state index in [9.17, 15) is 36.3 Å². The van der Waals surface area contributed by atoms with Gasteiger partial charge in [-0.2, -0.15) is 13.2 Å². The number of carboxylic acids is 1. The van der Waals surface area contributed by atoms with Crippen LogP contribution in [0.1, 0.15) is 30.4 Å². The smallest absolute Gasteiger partial charge is 0.417 e. The first kappa shape index (κ1) is 23.6. The highest BCUT2D eigenvalue weighted by Crippen LogP contribution is 2.51. The third-order valence-corrected chi connectivity index (χ3v) is 8.74. The van der Waals surface area contributed by atoms with Gasteiger partial charge in [0, 0.05) is 11.6 Å². The summed E-state index contributed by atoms with van der Waals surface area (Å²) < 4.78 is 66.6. The van der Waals surface area contributed by atoms with Gasteiger partial charge < -0.3 is 10.0 Å². The Morgan fingerprint density at radius 2 is 1.67 bits per heavy atom. The molecule has 2 fully saturated rings. The van der Waals surface area contributed by atoms with Gasteiger partial charge >= 0.3 is 12.1 Å². The third kappa shape index (κ3) is 4.10. The minimum absolute atomic E-state index is 0.449. The average molecular weight is 502 g/mol. The van der Waals surface area contributed by atoms with Gasteiger partial charge in [-0.3, -0.25) is 4.79 Å². The molecule has 1 amide bonds. The molecule has 4 rings (SSSR count). The second-order valence-corrected chi connectivity index (χ2v) is 10.9. The summed E-state index contributed by atoms with van der Waals surface area (Å²) in [4.78, 5) is 25.4.